The molecule has 0 bridgehead atoms. The number of benzene rings is 1. The van der Waals surface area contributed by atoms with Crippen LogP contribution in [0.5, 0.6) is 0 Å². The third kappa shape index (κ3) is 3.78. The van der Waals surface area contributed by atoms with Crippen molar-refractivity contribution in [3.63, 3.8) is 0 Å². The normalized spacial score (nSPS) is 16.6. The average molecular weight is 380 g/mol. The fraction of sp³-hybridized carbons (Fsp3) is 0.412. The van der Waals surface area contributed by atoms with E-state index < -0.39 is 15.8 Å². The molecule has 1 fully saturated rings. The summed E-state index contributed by atoms with van der Waals surface area (Å²) in [7, 11) is -1.92. The third-order valence-corrected chi connectivity index (χ3v) is 6.44. The Balaban J connectivity index is 1.62. The van der Waals surface area contributed by atoms with Gasteiger partial charge in [0.1, 0.15) is 11.6 Å². The van der Waals surface area contributed by atoms with Gasteiger partial charge < -0.3 is 5.32 Å². The van der Waals surface area contributed by atoms with Gasteiger partial charge >= 0.3 is 0 Å². The molecule has 0 spiro atoms. The molecule has 1 saturated heterocycles. The van der Waals surface area contributed by atoms with Crippen molar-refractivity contribution in [1.82, 2.24) is 14.1 Å². The number of anilines is 1. The smallest absolute Gasteiger partial charge is 0.243 e. The van der Waals surface area contributed by atoms with Gasteiger partial charge in [0, 0.05) is 32.1 Å². The van der Waals surface area contributed by atoms with Gasteiger partial charge in [0.05, 0.1) is 10.6 Å². The molecule has 0 atom stereocenters. The summed E-state index contributed by atoms with van der Waals surface area (Å²) in [5, 5.41) is 7.03. The molecular weight excluding hydrogens is 359 g/mol. The molecule has 0 saturated carbocycles. The van der Waals surface area contributed by atoms with Crippen molar-refractivity contribution in [2.75, 3.05) is 18.4 Å². The number of halogens is 1. The van der Waals surface area contributed by atoms with Crippen molar-refractivity contribution in [2.24, 2.45) is 13.0 Å². The van der Waals surface area contributed by atoms with Crippen LogP contribution in [0.25, 0.3) is 0 Å². The van der Waals surface area contributed by atoms with Gasteiger partial charge in [-0.25, -0.2) is 12.8 Å². The van der Waals surface area contributed by atoms with Crippen LogP contribution in [0.1, 0.15) is 18.5 Å². The van der Waals surface area contributed by atoms with Crippen molar-refractivity contribution >= 4 is 21.7 Å². The first-order valence-electron chi connectivity index (χ1n) is 8.34. The molecule has 0 unspecified atom stereocenters. The summed E-state index contributed by atoms with van der Waals surface area (Å²) in [5.74, 6) is -0.254. The van der Waals surface area contributed by atoms with Crippen LogP contribution in [0.15, 0.2) is 35.2 Å². The van der Waals surface area contributed by atoms with Crippen molar-refractivity contribution in [3.05, 3.63) is 41.8 Å². The molecule has 1 N–H and O–H groups in total. The first kappa shape index (κ1) is 18.5. The van der Waals surface area contributed by atoms with Crippen LogP contribution in [-0.2, 0) is 21.9 Å². The summed E-state index contributed by atoms with van der Waals surface area (Å²) in [6, 6.07) is 6.56. The minimum atomic E-state index is -3.67. The number of aryl methyl sites for hydroxylation is 2. The number of piperidine rings is 1. The number of nitrogens with zero attached hydrogens (tertiary/aromatic N) is 3. The Bertz CT molecular complexity index is 901. The van der Waals surface area contributed by atoms with Gasteiger partial charge in [0.2, 0.25) is 15.9 Å². The van der Waals surface area contributed by atoms with Gasteiger partial charge in [-0.1, -0.05) is 0 Å². The molecule has 26 heavy (non-hydrogen) atoms. The summed E-state index contributed by atoms with van der Waals surface area (Å²) in [6.45, 7) is 2.35. The SMILES string of the molecule is Cc1cc(NC(=O)C2CCN(S(=O)(=O)c3ccc(F)cc3)CC2)n(C)n1. The number of hydrogen-bond donors (Lipinski definition) is 1. The minimum Gasteiger partial charge on any atom is -0.311 e. The minimum absolute atomic E-state index is 0.0622. The number of carbonyl (C=O) groups excluding carboxylic acids is 1. The van der Waals surface area contributed by atoms with E-state index in [4.69, 9.17) is 0 Å². The Kier molecular flexibility index (Phi) is 5.10. The van der Waals surface area contributed by atoms with E-state index in [2.05, 4.69) is 10.4 Å². The van der Waals surface area contributed by atoms with E-state index in [1.54, 1.807) is 17.8 Å². The monoisotopic (exact) mass is 380 g/mol. The Hall–Kier alpha value is -2.26. The third-order valence-electron chi connectivity index (χ3n) is 4.53. The van der Waals surface area contributed by atoms with Gasteiger partial charge in [-0.3, -0.25) is 9.48 Å². The Morgan fingerprint density at radius 3 is 2.38 bits per heavy atom. The fourth-order valence-electron chi connectivity index (χ4n) is 3.07. The fourth-order valence-corrected chi connectivity index (χ4v) is 4.54. The predicted molar refractivity (Wildman–Crippen MR) is 94.5 cm³/mol. The van der Waals surface area contributed by atoms with Gasteiger partial charge in [-0.2, -0.15) is 9.40 Å². The number of aromatic nitrogens is 2. The van der Waals surface area contributed by atoms with Crippen LogP contribution in [0, 0.1) is 18.7 Å². The van der Waals surface area contributed by atoms with E-state index in [0.29, 0.717) is 18.7 Å². The van der Waals surface area contributed by atoms with E-state index in [0.717, 1.165) is 17.8 Å². The number of sulfonamides is 1. The second-order valence-corrected chi connectivity index (χ2v) is 8.35. The summed E-state index contributed by atoms with van der Waals surface area (Å²) in [4.78, 5) is 12.5. The lowest BCUT2D eigenvalue weighted by Gasteiger charge is -2.30. The van der Waals surface area contributed by atoms with Crippen molar-refractivity contribution < 1.29 is 17.6 Å². The average Bonchev–Trinajstić information content (AvgIpc) is 2.92. The maximum atomic E-state index is 13.0. The highest BCUT2D eigenvalue weighted by Crippen LogP contribution is 2.25. The molecule has 3 rings (SSSR count). The van der Waals surface area contributed by atoms with Gasteiger partial charge in [-0.05, 0) is 44.0 Å². The number of amides is 1. The summed E-state index contributed by atoms with van der Waals surface area (Å²) in [6.07, 6.45) is 0.867. The molecule has 140 valence electrons. The molecule has 1 aliphatic heterocycles. The maximum absolute atomic E-state index is 13.0. The van der Waals surface area contributed by atoms with E-state index in [1.807, 2.05) is 6.92 Å². The lowest BCUT2D eigenvalue weighted by Crippen LogP contribution is -2.41. The lowest BCUT2D eigenvalue weighted by molar-refractivity contribution is -0.121. The molecule has 1 amide bonds. The summed E-state index contributed by atoms with van der Waals surface area (Å²) < 4.78 is 41.2. The molecular formula is C17H21FN4O3S. The highest BCUT2D eigenvalue weighted by molar-refractivity contribution is 7.89. The molecule has 9 heteroatoms. The van der Waals surface area contributed by atoms with E-state index in [1.165, 1.54) is 16.4 Å². The second kappa shape index (κ2) is 7.16. The van der Waals surface area contributed by atoms with Crippen LogP contribution < -0.4 is 5.32 Å². The molecule has 2 aromatic rings. The highest BCUT2D eigenvalue weighted by Gasteiger charge is 2.32. The van der Waals surface area contributed by atoms with Gasteiger partial charge in [-0.15, -0.1) is 0 Å². The number of hydrogen-bond acceptors (Lipinski definition) is 4. The molecule has 1 aromatic heterocycles. The Morgan fingerprint density at radius 1 is 1.23 bits per heavy atom. The maximum Gasteiger partial charge on any atom is 0.243 e. The number of nitrogens with one attached hydrogen (secondary N) is 1. The molecule has 2 heterocycles. The van der Waals surface area contributed by atoms with Crippen LogP contribution in [0.3, 0.4) is 0 Å². The van der Waals surface area contributed by atoms with Crippen LogP contribution in [-0.4, -0.2) is 41.5 Å². The molecule has 7 nitrogen and oxygen atoms in total. The number of carbonyl (C=O) groups is 1. The van der Waals surface area contributed by atoms with Crippen LogP contribution in [0.2, 0.25) is 0 Å². The van der Waals surface area contributed by atoms with Gasteiger partial charge in [0.15, 0.2) is 0 Å². The quantitative estimate of drug-likeness (QED) is 0.878. The zero-order valence-corrected chi connectivity index (χ0v) is 15.5. The van der Waals surface area contributed by atoms with E-state index in [9.17, 15) is 17.6 Å². The van der Waals surface area contributed by atoms with E-state index >= 15 is 0 Å². The first-order valence-corrected chi connectivity index (χ1v) is 9.78. The van der Waals surface area contributed by atoms with E-state index in [-0.39, 0.29) is 29.8 Å². The summed E-state index contributed by atoms with van der Waals surface area (Å²) in [5.41, 5.74) is 0.808. The molecule has 1 aliphatic rings. The standard InChI is InChI=1S/C17H21FN4O3S/c1-12-11-16(21(2)20-12)19-17(23)13-7-9-22(10-8-13)26(24,25)15-5-3-14(18)4-6-15/h3-6,11,13H,7-10H2,1-2H3,(H,19,23). The first-order chi connectivity index (χ1) is 12.3. The Morgan fingerprint density at radius 2 is 1.85 bits per heavy atom. The number of rotatable bonds is 4. The van der Waals surface area contributed by atoms with Crippen molar-refractivity contribution in [3.8, 4) is 0 Å². The van der Waals surface area contributed by atoms with Gasteiger partial charge in [0.25, 0.3) is 0 Å². The highest BCUT2D eigenvalue weighted by atomic mass is 32.2. The zero-order chi connectivity index (χ0) is 18.9. The van der Waals surface area contributed by atoms with Crippen molar-refractivity contribution in [2.45, 2.75) is 24.7 Å². The Labute approximate surface area is 151 Å². The molecule has 1 aromatic carbocycles. The molecule has 0 aliphatic carbocycles. The lowest BCUT2D eigenvalue weighted by atomic mass is 9.97. The van der Waals surface area contributed by atoms with Crippen LogP contribution >= 0.6 is 0 Å². The topological polar surface area (TPSA) is 84.3 Å². The predicted octanol–water partition coefficient (Wildman–Crippen LogP) is 1.91. The summed E-state index contributed by atoms with van der Waals surface area (Å²) >= 11 is 0. The van der Waals surface area contributed by atoms with Crippen molar-refractivity contribution in [1.29, 1.82) is 0 Å². The molecule has 0 radical (unpaired) electrons. The van der Waals surface area contributed by atoms with Crippen LogP contribution in [0.4, 0.5) is 10.2 Å². The second-order valence-electron chi connectivity index (χ2n) is 6.42. The largest absolute Gasteiger partial charge is 0.311 e. The zero-order valence-electron chi connectivity index (χ0n) is 14.6.